The average molecular weight is 800 g/mol. The summed E-state index contributed by atoms with van der Waals surface area (Å²) in [5.41, 5.74) is 0. The zero-order valence-corrected chi connectivity index (χ0v) is 31.8. The third-order valence-electron chi connectivity index (χ3n) is 8.99. The van der Waals surface area contributed by atoms with E-state index in [1.807, 2.05) is 0 Å². The zero-order chi connectivity index (χ0) is 41.0. The number of carbonyl (C=O) groups excluding carboxylic acids is 8. The number of rotatable bonds is 26. The third kappa shape index (κ3) is 16.4. The molecule has 55 heavy (non-hydrogen) atoms. The molecule has 0 aromatic heterocycles. The maximum atomic E-state index is 13.3. The summed E-state index contributed by atoms with van der Waals surface area (Å²) in [6.07, 6.45) is 3.64. The van der Waals surface area contributed by atoms with E-state index in [0.29, 0.717) is 57.2 Å². The minimum atomic E-state index is -1.20. The van der Waals surface area contributed by atoms with Gasteiger partial charge in [0.2, 0.25) is 41.4 Å². The summed E-state index contributed by atoms with van der Waals surface area (Å²) in [5, 5.41) is 40.6. The van der Waals surface area contributed by atoms with Gasteiger partial charge in [-0.2, -0.15) is 0 Å². The molecule has 0 radical (unpaired) electrons. The fourth-order valence-electron chi connectivity index (χ4n) is 5.73. The van der Waals surface area contributed by atoms with Crippen molar-refractivity contribution in [1.82, 2.24) is 47.9 Å². The van der Waals surface area contributed by atoms with Gasteiger partial charge in [-0.1, -0.05) is 33.1 Å². The van der Waals surface area contributed by atoms with Gasteiger partial charge in [0, 0.05) is 25.1 Å². The Kier molecular flexibility index (Phi) is 19.7. The lowest BCUT2D eigenvalue weighted by molar-refractivity contribution is -0.143. The van der Waals surface area contributed by atoms with Crippen LogP contribution in [0, 0.1) is 5.92 Å². The molecule has 2 fully saturated rings. The molecule has 0 aromatic carbocycles. The van der Waals surface area contributed by atoms with E-state index in [-0.39, 0.29) is 43.3 Å². The summed E-state index contributed by atoms with van der Waals surface area (Å²) in [7, 11) is 0. The lowest BCUT2D eigenvalue weighted by atomic mass is 9.88. The van der Waals surface area contributed by atoms with Gasteiger partial charge in [-0.15, -0.1) is 11.8 Å². The zero-order valence-electron chi connectivity index (χ0n) is 31.0. The average Bonchev–Trinajstić information content (AvgIpc) is 3.69. The Morgan fingerprint density at radius 3 is 1.76 bits per heavy atom. The fourth-order valence-corrected chi connectivity index (χ4v) is 7.38. The van der Waals surface area contributed by atoms with Crippen LogP contribution in [0.1, 0.15) is 71.6 Å². The van der Waals surface area contributed by atoms with E-state index in [1.54, 1.807) is 13.8 Å². The van der Waals surface area contributed by atoms with E-state index >= 15 is 0 Å². The second kappa shape index (κ2) is 23.6. The van der Waals surface area contributed by atoms with Crippen molar-refractivity contribution in [2.24, 2.45) is 5.92 Å². The molecule has 308 valence electrons. The Balaban J connectivity index is 1.55. The van der Waals surface area contributed by atoms with Crippen LogP contribution in [0.3, 0.4) is 0 Å². The van der Waals surface area contributed by atoms with E-state index in [9.17, 15) is 53.1 Å². The van der Waals surface area contributed by atoms with Crippen LogP contribution in [0.4, 0.5) is 4.79 Å². The molecule has 0 spiro atoms. The minimum absolute atomic E-state index is 0.00281. The number of nitrogens with one attached hydrogen (secondary N) is 9. The Morgan fingerprint density at radius 1 is 0.709 bits per heavy atom. The number of fused-ring (bicyclic) bond motifs is 1. The van der Waals surface area contributed by atoms with Crippen LogP contribution in [0.25, 0.3) is 0 Å². The van der Waals surface area contributed by atoms with Crippen molar-refractivity contribution in [1.29, 1.82) is 0 Å². The number of urea groups is 1. The number of amides is 9. The Labute approximate surface area is 322 Å². The molecule has 5 atom stereocenters. The third-order valence-corrected chi connectivity index (χ3v) is 10.7. The van der Waals surface area contributed by atoms with Gasteiger partial charge in [-0.05, 0) is 31.6 Å². The van der Waals surface area contributed by atoms with Gasteiger partial charge < -0.3 is 58.1 Å². The monoisotopic (exact) mass is 799 g/mol. The summed E-state index contributed by atoms with van der Waals surface area (Å²) >= 11 is 1.45. The summed E-state index contributed by atoms with van der Waals surface area (Å²) in [6, 6.07) is -2.05. The van der Waals surface area contributed by atoms with Crippen LogP contribution in [0.2, 0.25) is 0 Å². The van der Waals surface area contributed by atoms with Gasteiger partial charge in [0.25, 0.3) is 0 Å². The number of carboxylic acids is 2. The molecule has 2 rings (SSSR count). The molecule has 0 unspecified atom stereocenters. The van der Waals surface area contributed by atoms with Crippen molar-refractivity contribution < 1.29 is 58.2 Å². The van der Waals surface area contributed by atoms with Gasteiger partial charge in [0.15, 0.2) is 0 Å². The highest BCUT2D eigenvalue weighted by Crippen LogP contribution is 2.44. The van der Waals surface area contributed by atoms with Crippen molar-refractivity contribution in [2.75, 3.05) is 45.0 Å². The van der Waals surface area contributed by atoms with E-state index in [1.165, 1.54) is 11.8 Å². The van der Waals surface area contributed by atoms with E-state index in [2.05, 4.69) is 47.9 Å². The SMILES string of the molecule is CC[C@H](C)[C@H](NC(=O)CNC(=O)CNC(=O)CNC(=O)CNC(=O)CNC(=O)CCCCCNC(=O)[C@@]1(CCCCC(=O)O)SC[C@@H]2NC(=O)N[C@@H]21)C(=O)O. The van der Waals surface area contributed by atoms with Crippen molar-refractivity contribution in [2.45, 2.75) is 94.5 Å². The van der Waals surface area contributed by atoms with Crippen molar-refractivity contribution in [3.63, 3.8) is 0 Å². The Morgan fingerprint density at radius 2 is 1.24 bits per heavy atom. The summed E-state index contributed by atoms with van der Waals surface area (Å²) < 4.78 is -0.910. The molecule has 11 N–H and O–H groups in total. The highest BCUT2D eigenvalue weighted by molar-refractivity contribution is 8.01. The minimum Gasteiger partial charge on any atom is -0.481 e. The predicted molar refractivity (Wildman–Crippen MR) is 196 cm³/mol. The molecular weight excluding hydrogens is 746 g/mol. The molecule has 22 heteroatoms. The first-order valence-electron chi connectivity index (χ1n) is 18.1. The molecule has 21 nitrogen and oxygen atoms in total. The first kappa shape index (κ1) is 46.0. The Hall–Kier alpha value is -5.15. The molecule has 0 aromatic rings. The topological polar surface area (TPSA) is 319 Å². The lowest BCUT2D eigenvalue weighted by Gasteiger charge is -2.32. The molecule has 2 heterocycles. The molecule has 2 aliphatic heterocycles. The largest absolute Gasteiger partial charge is 0.481 e. The van der Waals surface area contributed by atoms with Gasteiger partial charge in [0.05, 0.1) is 44.8 Å². The number of thioether (sulfide) groups is 1. The van der Waals surface area contributed by atoms with Crippen molar-refractivity contribution >= 4 is 71.1 Å². The van der Waals surface area contributed by atoms with Gasteiger partial charge in [-0.25, -0.2) is 9.59 Å². The van der Waals surface area contributed by atoms with Crippen LogP contribution < -0.4 is 47.9 Å². The van der Waals surface area contributed by atoms with Crippen LogP contribution in [-0.2, 0) is 43.2 Å². The normalized spacial score (nSPS) is 19.3. The van der Waals surface area contributed by atoms with Crippen LogP contribution in [0.15, 0.2) is 0 Å². The first-order valence-corrected chi connectivity index (χ1v) is 19.1. The number of carbonyl (C=O) groups is 10. The molecule has 2 saturated heterocycles. The highest BCUT2D eigenvalue weighted by Gasteiger charge is 2.57. The quantitative estimate of drug-likeness (QED) is 0.0308. The van der Waals surface area contributed by atoms with Gasteiger partial charge in [0.1, 0.15) is 10.8 Å². The molecular formula is C33H53N9O12S. The fraction of sp³-hybridized carbons (Fsp3) is 0.697. The number of aliphatic carboxylic acids is 2. The number of hydrogen-bond acceptors (Lipinski definition) is 11. The van der Waals surface area contributed by atoms with Gasteiger partial charge in [-0.3, -0.25) is 38.4 Å². The summed E-state index contributed by atoms with van der Waals surface area (Å²) in [4.78, 5) is 120. The summed E-state index contributed by atoms with van der Waals surface area (Å²) in [5.74, 6) is -6.01. The van der Waals surface area contributed by atoms with Crippen LogP contribution in [-0.4, -0.2) is 137 Å². The van der Waals surface area contributed by atoms with E-state index < -0.39 is 90.4 Å². The van der Waals surface area contributed by atoms with Crippen LogP contribution in [0.5, 0.6) is 0 Å². The number of hydrogen-bond donors (Lipinski definition) is 11. The molecule has 0 bridgehead atoms. The second-order valence-electron chi connectivity index (χ2n) is 13.2. The summed E-state index contributed by atoms with van der Waals surface area (Å²) in [6.45, 7) is 1.39. The van der Waals surface area contributed by atoms with E-state index in [4.69, 9.17) is 5.11 Å². The van der Waals surface area contributed by atoms with Crippen molar-refractivity contribution in [3.8, 4) is 0 Å². The van der Waals surface area contributed by atoms with Crippen molar-refractivity contribution in [3.05, 3.63) is 0 Å². The predicted octanol–water partition coefficient (Wildman–Crippen LogP) is -2.96. The standard InChI is InChI=1S/C33H53N9O12S/c1-3-19(2)28(30(51)52)41-26(48)17-39-25(47)16-38-24(46)15-37-23(45)14-36-22(44)13-35-21(43)9-5-4-8-12-34-31(53)33(11-7-6-10-27(49)50)29-20(18-55-33)40-32(54)42-29/h19-20,28-29H,3-18H2,1-2H3,(H,34,53)(H,35,43)(H,36,44)(H,37,45)(H,38,46)(H,39,47)(H,41,48)(H,49,50)(H,51,52)(H2,40,42,54)/t19-,20-,28-,29-,33-/m0/s1. The maximum Gasteiger partial charge on any atom is 0.326 e. The molecule has 2 aliphatic rings. The smallest absolute Gasteiger partial charge is 0.326 e. The van der Waals surface area contributed by atoms with Crippen LogP contribution >= 0.6 is 11.8 Å². The first-order chi connectivity index (χ1) is 26.1. The number of carboxylic acid groups (broad SMARTS) is 2. The lowest BCUT2D eigenvalue weighted by Crippen LogP contribution is -2.56. The molecule has 0 saturated carbocycles. The number of unbranched alkanes of at least 4 members (excludes halogenated alkanes) is 3. The molecule has 9 amide bonds. The highest BCUT2D eigenvalue weighted by atomic mass is 32.2. The Bertz CT molecular complexity index is 1430. The van der Waals surface area contributed by atoms with E-state index in [0.717, 1.165) is 0 Å². The molecule has 0 aliphatic carbocycles. The second-order valence-corrected chi connectivity index (χ2v) is 14.6. The maximum absolute atomic E-state index is 13.3. The van der Waals surface area contributed by atoms with Gasteiger partial charge >= 0.3 is 18.0 Å².